The van der Waals surface area contributed by atoms with Crippen LogP contribution in [0.15, 0.2) is 42.5 Å². The largest absolute Gasteiger partial charge is 0.375 e. The smallest absolute Gasteiger partial charge is 0.244 e. The molecule has 0 fully saturated rings. The summed E-state index contributed by atoms with van der Waals surface area (Å²) >= 11 is 11.8. The fourth-order valence-corrected chi connectivity index (χ4v) is 2.41. The average molecular weight is 384 g/mol. The molecule has 0 heterocycles. The molecule has 0 aliphatic carbocycles. The van der Waals surface area contributed by atoms with Crippen molar-refractivity contribution in [2.45, 2.75) is 0 Å². The van der Waals surface area contributed by atoms with Crippen molar-refractivity contribution in [3.8, 4) is 0 Å². The molecule has 2 N–H and O–H groups in total. The van der Waals surface area contributed by atoms with Crippen molar-refractivity contribution in [1.82, 2.24) is 4.90 Å². The highest BCUT2D eigenvalue weighted by Gasteiger charge is 2.14. The summed E-state index contributed by atoms with van der Waals surface area (Å²) in [5.41, 5.74) is 0.913. The van der Waals surface area contributed by atoms with E-state index in [9.17, 15) is 14.0 Å². The van der Waals surface area contributed by atoms with Crippen molar-refractivity contribution >= 4 is 46.4 Å². The molecule has 5 nitrogen and oxygen atoms in total. The number of anilines is 2. The van der Waals surface area contributed by atoms with Crippen molar-refractivity contribution in [3.05, 3.63) is 58.3 Å². The quantitative estimate of drug-likeness (QED) is 0.800. The van der Waals surface area contributed by atoms with Gasteiger partial charge in [0, 0.05) is 7.05 Å². The third kappa shape index (κ3) is 5.62. The second-order valence-corrected chi connectivity index (χ2v) is 6.07. The van der Waals surface area contributed by atoms with Gasteiger partial charge in [0.1, 0.15) is 5.82 Å². The minimum absolute atomic E-state index is 0.0821. The van der Waals surface area contributed by atoms with Gasteiger partial charge in [-0.05, 0) is 30.3 Å². The van der Waals surface area contributed by atoms with Crippen LogP contribution >= 0.6 is 23.2 Å². The Hall–Kier alpha value is -2.31. The van der Waals surface area contributed by atoms with E-state index in [-0.39, 0.29) is 29.9 Å². The van der Waals surface area contributed by atoms with Crippen LogP contribution in [0.2, 0.25) is 10.0 Å². The Bertz CT molecular complexity index is 786. The SMILES string of the molecule is CN(CC(=O)Nc1ccccc1Cl)C(=O)CNc1ccc(F)cc1Cl. The summed E-state index contributed by atoms with van der Waals surface area (Å²) in [5, 5.41) is 6.03. The number of hydrogen-bond donors (Lipinski definition) is 2. The van der Waals surface area contributed by atoms with Crippen molar-refractivity contribution in [2.24, 2.45) is 0 Å². The first-order valence-electron chi connectivity index (χ1n) is 7.34. The van der Waals surface area contributed by atoms with E-state index in [0.717, 1.165) is 6.07 Å². The van der Waals surface area contributed by atoms with Crippen molar-refractivity contribution in [2.75, 3.05) is 30.8 Å². The predicted molar refractivity (Wildman–Crippen MR) is 97.6 cm³/mol. The fourth-order valence-electron chi connectivity index (χ4n) is 1.99. The Balaban J connectivity index is 1.85. The van der Waals surface area contributed by atoms with E-state index in [0.29, 0.717) is 16.4 Å². The summed E-state index contributed by atoms with van der Waals surface area (Å²) in [5.74, 6) is -1.16. The van der Waals surface area contributed by atoms with E-state index in [4.69, 9.17) is 23.2 Å². The van der Waals surface area contributed by atoms with Crippen LogP contribution in [-0.4, -0.2) is 36.9 Å². The molecule has 132 valence electrons. The Kier molecular flexibility index (Phi) is 6.61. The van der Waals surface area contributed by atoms with E-state index in [1.807, 2.05) is 0 Å². The number of rotatable bonds is 6. The first kappa shape index (κ1) is 19.0. The van der Waals surface area contributed by atoms with Crippen molar-refractivity contribution in [1.29, 1.82) is 0 Å². The molecule has 2 amide bonds. The van der Waals surface area contributed by atoms with Crippen LogP contribution < -0.4 is 10.6 Å². The van der Waals surface area contributed by atoms with Gasteiger partial charge < -0.3 is 15.5 Å². The number of carbonyl (C=O) groups excluding carboxylic acids is 2. The molecular weight excluding hydrogens is 368 g/mol. The number of amides is 2. The Morgan fingerprint density at radius 3 is 2.48 bits per heavy atom. The molecule has 2 rings (SSSR count). The predicted octanol–water partition coefficient (Wildman–Crippen LogP) is 3.64. The molecule has 0 atom stereocenters. The molecule has 0 radical (unpaired) electrons. The molecule has 0 aliphatic rings. The third-order valence-electron chi connectivity index (χ3n) is 3.32. The van der Waals surface area contributed by atoms with Crippen LogP contribution in [0.4, 0.5) is 15.8 Å². The zero-order valence-electron chi connectivity index (χ0n) is 13.4. The molecule has 0 unspecified atom stereocenters. The lowest BCUT2D eigenvalue weighted by atomic mass is 10.3. The number of likely N-dealkylation sites (N-methyl/N-ethyl adjacent to an activating group) is 1. The molecule has 0 aliphatic heterocycles. The molecule has 25 heavy (non-hydrogen) atoms. The first-order valence-corrected chi connectivity index (χ1v) is 8.09. The molecule has 8 heteroatoms. The fraction of sp³-hybridized carbons (Fsp3) is 0.176. The number of para-hydroxylation sites is 1. The second kappa shape index (κ2) is 8.69. The summed E-state index contributed by atoms with van der Waals surface area (Å²) in [7, 11) is 1.50. The number of benzene rings is 2. The Morgan fingerprint density at radius 1 is 1.08 bits per heavy atom. The summed E-state index contributed by atoms with van der Waals surface area (Å²) in [6.07, 6.45) is 0. The minimum Gasteiger partial charge on any atom is -0.375 e. The van der Waals surface area contributed by atoms with Crippen LogP contribution in [0, 0.1) is 5.82 Å². The summed E-state index contributed by atoms with van der Waals surface area (Å²) in [6, 6.07) is 10.6. The maximum absolute atomic E-state index is 13.0. The van der Waals surface area contributed by atoms with E-state index < -0.39 is 5.82 Å². The van der Waals surface area contributed by atoms with Gasteiger partial charge in [-0.2, -0.15) is 0 Å². The van der Waals surface area contributed by atoms with Crippen molar-refractivity contribution < 1.29 is 14.0 Å². The standard InChI is InChI=1S/C17H16Cl2FN3O2/c1-23(10-16(24)22-15-5-3-2-4-12(15)18)17(25)9-21-14-7-6-11(20)8-13(14)19/h2-8,21H,9-10H2,1H3,(H,22,24). The van der Waals surface area contributed by atoms with E-state index in [1.54, 1.807) is 24.3 Å². The zero-order chi connectivity index (χ0) is 18.4. The summed E-state index contributed by atoms with van der Waals surface area (Å²) in [4.78, 5) is 25.3. The summed E-state index contributed by atoms with van der Waals surface area (Å²) in [6.45, 7) is -0.218. The Labute approximate surface area is 154 Å². The van der Waals surface area contributed by atoms with Gasteiger partial charge in [-0.25, -0.2) is 4.39 Å². The number of hydrogen-bond acceptors (Lipinski definition) is 3. The van der Waals surface area contributed by atoms with Crippen LogP contribution in [0.3, 0.4) is 0 Å². The van der Waals surface area contributed by atoms with Gasteiger partial charge in [-0.3, -0.25) is 9.59 Å². The van der Waals surface area contributed by atoms with Gasteiger partial charge in [-0.1, -0.05) is 35.3 Å². The Morgan fingerprint density at radius 2 is 1.80 bits per heavy atom. The molecule has 2 aromatic rings. The topological polar surface area (TPSA) is 61.4 Å². The molecule has 0 spiro atoms. The monoisotopic (exact) mass is 383 g/mol. The van der Waals surface area contributed by atoms with E-state index in [2.05, 4.69) is 10.6 Å². The first-order chi connectivity index (χ1) is 11.9. The van der Waals surface area contributed by atoms with Crippen LogP contribution in [0.25, 0.3) is 0 Å². The van der Waals surface area contributed by atoms with Gasteiger partial charge in [-0.15, -0.1) is 0 Å². The average Bonchev–Trinajstić information content (AvgIpc) is 2.55. The lowest BCUT2D eigenvalue weighted by molar-refractivity contribution is -0.131. The number of halogens is 3. The molecular formula is C17H16Cl2FN3O2. The van der Waals surface area contributed by atoms with Gasteiger partial charge >= 0.3 is 0 Å². The van der Waals surface area contributed by atoms with E-state index >= 15 is 0 Å². The van der Waals surface area contributed by atoms with Crippen LogP contribution in [0.1, 0.15) is 0 Å². The third-order valence-corrected chi connectivity index (χ3v) is 3.96. The maximum Gasteiger partial charge on any atom is 0.244 e. The second-order valence-electron chi connectivity index (χ2n) is 5.26. The molecule has 0 bridgehead atoms. The highest BCUT2D eigenvalue weighted by atomic mass is 35.5. The molecule has 0 aromatic heterocycles. The maximum atomic E-state index is 13.0. The minimum atomic E-state index is -0.463. The number of carbonyl (C=O) groups is 2. The van der Waals surface area contributed by atoms with Crippen molar-refractivity contribution in [3.63, 3.8) is 0 Å². The number of nitrogens with one attached hydrogen (secondary N) is 2. The lowest BCUT2D eigenvalue weighted by Gasteiger charge is -2.18. The molecule has 2 aromatic carbocycles. The zero-order valence-corrected chi connectivity index (χ0v) is 14.9. The van der Waals surface area contributed by atoms with Crippen LogP contribution in [-0.2, 0) is 9.59 Å². The van der Waals surface area contributed by atoms with Crippen LogP contribution in [0.5, 0.6) is 0 Å². The van der Waals surface area contributed by atoms with E-state index in [1.165, 1.54) is 24.1 Å². The highest BCUT2D eigenvalue weighted by Crippen LogP contribution is 2.22. The van der Waals surface area contributed by atoms with Gasteiger partial charge in [0.2, 0.25) is 11.8 Å². The van der Waals surface area contributed by atoms with Gasteiger partial charge in [0.15, 0.2) is 0 Å². The summed E-state index contributed by atoms with van der Waals surface area (Å²) < 4.78 is 13.0. The molecule has 0 saturated carbocycles. The highest BCUT2D eigenvalue weighted by molar-refractivity contribution is 6.33. The molecule has 0 saturated heterocycles. The van der Waals surface area contributed by atoms with Gasteiger partial charge in [0.25, 0.3) is 0 Å². The van der Waals surface area contributed by atoms with Gasteiger partial charge in [0.05, 0.1) is 34.5 Å². The lowest BCUT2D eigenvalue weighted by Crippen LogP contribution is -2.38. The number of nitrogens with zero attached hydrogens (tertiary/aromatic N) is 1. The normalized spacial score (nSPS) is 10.2.